The summed E-state index contributed by atoms with van der Waals surface area (Å²) in [5.74, 6) is 0. The highest BCUT2D eigenvalue weighted by atomic mass is 35.5. The van der Waals surface area contributed by atoms with Crippen LogP contribution in [0.2, 0.25) is 15.1 Å². The van der Waals surface area contributed by atoms with Crippen molar-refractivity contribution in [3.63, 3.8) is 0 Å². The lowest BCUT2D eigenvalue weighted by Gasteiger charge is -2.11. The summed E-state index contributed by atoms with van der Waals surface area (Å²) in [6.45, 7) is 1.71. The summed E-state index contributed by atoms with van der Waals surface area (Å²) in [5, 5.41) is -0.0264. The Morgan fingerprint density at radius 2 is 1.72 bits per heavy atom. The van der Waals surface area contributed by atoms with E-state index in [2.05, 4.69) is 5.73 Å². The molecule has 0 amide bonds. The average molecular weight is 316 g/mol. The number of allylic oxidation sites excluding steroid dienone is 1. The first-order valence-electron chi connectivity index (χ1n) is 4.94. The molecule has 0 unspecified atom stereocenters. The zero-order valence-corrected chi connectivity index (χ0v) is 11.5. The van der Waals surface area contributed by atoms with E-state index in [-0.39, 0.29) is 20.6 Å². The van der Waals surface area contributed by atoms with E-state index in [1.165, 1.54) is 6.08 Å². The third kappa shape index (κ3) is 3.69. The first kappa shape index (κ1) is 15.5. The summed E-state index contributed by atoms with van der Waals surface area (Å²) in [6, 6.07) is 2.24. The van der Waals surface area contributed by atoms with Gasteiger partial charge in [0.25, 0.3) is 0 Å². The number of hydrogen-bond acceptors (Lipinski definition) is 0. The maximum absolute atomic E-state index is 12.9. The second-order valence-corrected chi connectivity index (χ2v) is 4.58. The van der Waals surface area contributed by atoms with Gasteiger partial charge in [0, 0.05) is 0 Å². The Balaban J connectivity index is 3.46. The lowest BCUT2D eigenvalue weighted by molar-refractivity contribution is -0.0687. The summed E-state index contributed by atoms with van der Waals surface area (Å²) in [5.41, 5.74) is 1.12. The van der Waals surface area contributed by atoms with Gasteiger partial charge in [-0.15, -0.1) is 5.73 Å². The van der Waals surface area contributed by atoms with Gasteiger partial charge in [0.1, 0.15) is 5.57 Å². The van der Waals surface area contributed by atoms with Crippen molar-refractivity contribution in [1.29, 1.82) is 0 Å². The summed E-state index contributed by atoms with van der Waals surface area (Å²) in [7, 11) is 0. The van der Waals surface area contributed by atoms with Crippen molar-refractivity contribution >= 4 is 40.4 Å². The SMILES string of the molecule is CCC=C=C(c1cc(Cl)c(Cl)c(Cl)c1)C(F)(F)F. The number of rotatable bonds is 2. The molecule has 18 heavy (non-hydrogen) atoms. The molecular formula is C12H8Cl3F3. The van der Waals surface area contributed by atoms with E-state index < -0.39 is 11.7 Å². The lowest BCUT2D eigenvalue weighted by atomic mass is 10.1. The summed E-state index contributed by atoms with van der Waals surface area (Å²) in [6.07, 6.45) is -2.81. The monoisotopic (exact) mass is 314 g/mol. The smallest absolute Gasteiger partial charge is 0.165 e. The van der Waals surface area contributed by atoms with Gasteiger partial charge in [-0.2, -0.15) is 13.2 Å². The fourth-order valence-electron chi connectivity index (χ4n) is 1.23. The van der Waals surface area contributed by atoms with Gasteiger partial charge in [-0.05, 0) is 30.2 Å². The summed E-state index contributed by atoms with van der Waals surface area (Å²) < 4.78 is 38.6. The van der Waals surface area contributed by atoms with Gasteiger partial charge in [0.2, 0.25) is 0 Å². The van der Waals surface area contributed by atoms with Gasteiger partial charge in [-0.25, -0.2) is 0 Å². The van der Waals surface area contributed by atoms with E-state index in [0.717, 1.165) is 12.1 Å². The predicted octanol–water partition coefficient (Wildman–Crippen LogP) is 6.16. The van der Waals surface area contributed by atoms with Crippen LogP contribution in [0, 0.1) is 0 Å². The molecule has 0 bridgehead atoms. The third-order valence-electron chi connectivity index (χ3n) is 2.01. The normalized spacial score (nSPS) is 11.1. The minimum Gasteiger partial charge on any atom is -0.165 e. The van der Waals surface area contributed by atoms with Crippen LogP contribution in [0.1, 0.15) is 18.9 Å². The van der Waals surface area contributed by atoms with Crippen LogP contribution >= 0.6 is 34.8 Å². The molecule has 0 aromatic heterocycles. The van der Waals surface area contributed by atoms with Crippen molar-refractivity contribution in [2.24, 2.45) is 0 Å². The van der Waals surface area contributed by atoms with Crippen molar-refractivity contribution in [2.45, 2.75) is 19.5 Å². The molecule has 0 saturated heterocycles. The van der Waals surface area contributed by atoms with E-state index in [9.17, 15) is 13.2 Å². The van der Waals surface area contributed by atoms with E-state index in [1.54, 1.807) is 6.92 Å². The van der Waals surface area contributed by atoms with Crippen molar-refractivity contribution in [3.05, 3.63) is 44.6 Å². The Kier molecular flexibility index (Phi) is 5.18. The molecule has 0 heterocycles. The van der Waals surface area contributed by atoms with Gasteiger partial charge < -0.3 is 0 Å². The van der Waals surface area contributed by atoms with Crippen molar-refractivity contribution in [2.75, 3.05) is 0 Å². The predicted molar refractivity (Wildman–Crippen MR) is 69.3 cm³/mol. The molecule has 0 saturated carbocycles. The van der Waals surface area contributed by atoms with E-state index in [0.29, 0.717) is 6.42 Å². The Labute approximate surface area is 118 Å². The molecule has 0 fully saturated rings. The van der Waals surface area contributed by atoms with E-state index in [4.69, 9.17) is 34.8 Å². The summed E-state index contributed by atoms with van der Waals surface area (Å²) >= 11 is 17.1. The van der Waals surface area contributed by atoms with Gasteiger partial charge in [0.15, 0.2) is 0 Å². The Hall–Kier alpha value is -0.600. The summed E-state index contributed by atoms with van der Waals surface area (Å²) in [4.78, 5) is 0. The van der Waals surface area contributed by atoms with E-state index in [1.807, 2.05) is 0 Å². The quantitative estimate of drug-likeness (QED) is 0.453. The van der Waals surface area contributed by atoms with Gasteiger partial charge in [-0.3, -0.25) is 0 Å². The van der Waals surface area contributed by atoms with Crippen LogP contribution < -0.4 is 0 Å². The zero-order chi connectivity index (χ0) is 13.9. The van der Waals surface area contributed by atoms with Crippen LogP contribution in [0.25, 0.3) is 5.57 Å². The number of benzene rings is 1. The number of alkyl halides is 3. The molecule has 0 N–H and O–H groups in total. The standard InChI is InChI=1S/C12H8Cl3F3/c1-2-3-4-8(12(16,17)18)7-5-9(13)11(15)10(14)6-7/h3,5-6H,2H2,1H3. The van der Waals surface area contributed by atoms with Gasteiger partial charge in [0.05, 0.1) is 15.1 Å². The molecule has 0 spiro atoms. The molecule has 0 radical (unpaired) electrons. The van der Waals surface area contributed by atoms with Crippen LogP contribution in [-0.2, 0) is 0 Å². The molecule has 1 rings (SSSR count). The Bertz CT molecular complexity index is 489. The molecule has 98 valence electrons. The third-order valence-corrected chi connectivity index (χ3v) is 3.20. The van der Waals surface area contributed by atoms with Crippen molar-refractivity contribution in [1.82, 2.24) is 0 Å². The molecular weight excluding hydrogens is 307 g/mol. The lowest BCUT2D eigenvalue weighted by Crippen LogP contribution is -2.10. The van der Waals surface area contributed by atoms with Gasteiger partial charge in [-0.1, -0.05) is 41.7 Å². The minimum atomic E-state index is -4.54. The molecule has 0 aliphatic rings. The van der Waals surface area contributed by atoms with Crippen LogP contribution in [0.15, 0.2) is 23.9 Å². The van der Waals surface area contributed by atoms with Crippen molar-refractivity contribution < 1.29 is 13.2 Å². The molecule has 1 aromatic carbocycles. The van der Waals surface area contributed by atoms with Gasteiger partial charge >= 0.3 is 6.18 Å². The van der Waals surface area contributed by atoms with Crippen LogP contribution in [0.5, 0.6) is 0 Å². The highest BCUT2D eigenvalue weighted by Crippen LogP contribution is 2.38. The molecule has 0 nitrogen and oxygen atoms in total. The van der Waals surface area contributed by atoms with E-state index >= 15 is 0 Å². The molecule has 0 aliphatic carbocycles. The molecule has 6 heteroatoms. The molecule has 1 aromatic rings. The fourth-order valence-corrected chi connectivity index (χ4v) is 1.83. The highest BCUT2D eigenvalue weighted by Gasteiger charge is 2.35. The molecule has 0 atom stereocenters. The maximum Gasteiger partial charge on any atom is 0.424 e. The average Bonchev–Trinajstić information content (AvgIpc) is 2.24. The molecule has 0 aliphatic heterocycles. The highest BCUT2D eigenvalue weighted by molar-refractivity contribution is 6.48. The Morgan fingerprint density at radius 3 is 2.11 bits per heavy atom. The fraction of sp³-hybridized carbons (Fsp3) is 0.250. The topological polar surface area (TPSA) is 0 Å². The maximum atomic E-state index is 12.9. The first-order chi connectivity index (χ1) is 8.27. The second kappa shape index (κ2) is 6.03. The van der Waals surface area contributed by atoms with Crippen LogP contribution in [-0.4, -0.2) is 6.18 Å². The van der Waals surface area contributed by atoms with Crippen LogP contribution in [0.3, 0.4) is 0 Å². The first-order valence-corrected chi connectivity index (χ1v) is 6.08. The number of halogens is 6. The minimum absolute atomic E-state index is 0.0285. The Morgan fingerprint density at radius 1 is 1.22 bits per heavy atom. The van der Waals surface area contributed by atoms with Crippen molar-refractivity contribution in [3.8, 4) is 0 Å². The number of hydrogen-bond donors (Lipinski definition) is 0. The largest absolute Gasteiger partial charge is 0.424 e. The zero-order valence-electron chi connectivity index (χ0n) is 9.21. The second-order valence-electron chi connectivity index (χ2n) is 3.38. The van der Waals surface area contributed by atoms with Crippen LogP contribution in [0.4, 0.5) is 13.2 Å².